The van der Waals surface area contributed by atoms with Crippen molar-refractivity contribution in [2.24, 2.45) is 10.2 Å². The molecule has 0 saturated heterocycles. The lowest BCUT2D eigenvalue weighted by Gasteiger charge is -1.95. The molecular weight excluding hydrogens is 232 g/mol. The minimum absolute atomic E-state index is 0. The van der Waals surface area contributed by atoms with Crippen molar-refractivity contribution in [2.45, 2.75) is 36.1 Å². The van der Waals surface area contributed by atoms with Crippen molar-refractivity contribution < 1.29 is 0 Å². The van der Waals surface area contributed by atoms with Gasteiger partial charge in [-0.1, -0.05) is 52.1 Å². The molecule has 0 atom stereocenters. The van der Waals surface area contributed by atoms with Gasteiger partial charge >= 0.3 is 0 Å². The summed E-state index contributed by atoms with van der Waals surface area (Å²) in [6, 6.07) is 16.0. The van der Waals surface area contributed by atoms with Gasteiger partial charge in [-0.05, 0) is 43.7 Å². The van der Waals surface area contributed by atoms with E-state index >= 15 is 0 Å². The number of rotatable bonds is 2. The molecule has 2 heteroatoms. The van der Waals surface area contributed by atoms with E-state index in [1.165, 1.54) is 11.1 Å². The number of hydrogen-bond donors (Lipinski definition) is 0. The molecular formula is C17H26N2. The molecule has 0 fully saturated rings. The Labute approximate surface area is 118 Å². The highest BCUT2D eigenvalue weighted by molar-refractivity contribution is 5.42. The summed E-state index contributed by atoms with van der Waals surface area (Å²) in [5, 5.41) is 8.38. The molecule has 2 rings (SSSR count). The Morgan fingerprint density at radius 3 is 1.79 bits per heavy atom. The second kappa shape index (κ2) is 9.03. The monoisotopic (exact) mass is 258 g/mol. The van der Waals surface area contributed by atoms with Crippen molar-refractivity contribution in [3.63, 3.8) is 0 Å². The Hall–Kier alpha value is -1.96. The molecule has 19 heavy (non-hydrogen) atoms. The number of benzene rings is 2. The molecule has 0 radical (unpaired) electrons. The zero-order valence-electron chi connectivity index (χ0n) is 9.51. The maximum Gasteiger partial charge on any atom is 0.0859 e. The molecule has 2 aromatic rings. The zero-order valence-corrected chi connectivity index (χ0v) is 9.51. The standard InChI is InChI=1S/C14H14N2.3CH4/c1-11-6-8-13(9-7-11)15-16-14-5-3-4-12(2)10-14;;;/h3-10H,1-2H3;3*1H4. The van der Waals surface area contributed by atoms with Crippen molar-refractivity contribution in [3.05, 3.63) is 59.7 Å². The molecule has 0 aliphatic carbocycles. The Morgan fingerprint density at radius 2 is 1.21 bits per heavy atom. The first-order valence-corrected chi connectivity index (χ1v) is 5.29. The van der Waals surface area contributed by atoms with Gasteiger partial charge in [-0.2, -0.15) is 10.2 Å². The van der Waals surface area contributed by atoms with Gasteiger partial charge in [0, 0.05) is 0 Å². The van der Waals surface area contributed by atoms with Crippen molar-refractivity contribution in [1.82, 2.24) is 0 Å². The van der Waals surface area contributed by atoms with Gasteiger partial charge in [0.2, 0.25) is 0 Å². The van der Waals surface area contributed by atoms with E-state index in [1.54, 1.807) is 0 Å². The van der Waals surface area contributed by atoms with Crippen LogP contribution in [0.5, 0.6) is 0 Å². The molecule has 0 saturated carbocycles. The van der Waals surface area contributed by atoms with Crippen LogP contribution in [-0.4, -0.2) is 0 Å². The van der Waals surface area contributed by atoms with Gasteiger partial charge in [0.05, 0.1) is 11.4 Å². The van der Waals surface area contributed by atoms with E-state index < -0.39 is 0 Å². The Bertz CT molecular complexity index is 499. The molecule has 0 aliphatic heterocycles. The maximum atomic E-state index is 4.19. The van der Waals surface area contributed by atoms with Crippen LogP contribution < -0.4 is 0 Å². The average molecular weight is 258 g/mol. The minimum atomic E-state index is 0. The lowest BCUT2D eigenvalue weighted by atomic mass is 10.2. The summed E-state index contributed by atoms with van der Waals surface area (Å²) in [5.41, 5.74) is 4.20. The van der Waals surface area contributed by atoms with E-state index in [9.17, 15) is 0 Å². The fourth-order valence-corrected chi connectivity index (χ4v) is 1.42. The van der Waals surface area contributed by atoms with Gasteiger partial charge < -0.3 is 0 Å². The minimum Gasteiger partial charge on any atom is -0.151 e. The highest BCUT2D eigenvalue weighted by atomic mass is 15.1. The molecule has 0 bridgehead atoms. The molecule has 0 unspecified atom stereocenters. The van der Waals surface area contributed by atoms with Gasteiger partial charge in [-0.15, -0.1) is 0 Å². The smallest absolute Gasteiger partial charge is 0.0859 e. The van der Waals surface area contributed by atoms with Crippen molar-refractivity contribution in [1.29, 1.82) is 0 Å². The van der Waals surface area contributed by atoms with E-state index in [1.807, 2.05) is 55.5 Å². The van der Waals surface area contributed by atoms with E-state index in [0.29, 0.717) is 0 Å². The van der Waals surface area contributed by atoms with E-state index in [4.69, 9.17) is 0 Å². The number of hydrogen-bond acceptors (Lipinski definition) is 2. The molecule has 2 nitrogen and oxygen atoms in total. The number of aryl methyl sites for hydroxylation is 2. The maximum absolute atomic E-state index is 4.19. The summed E-state index contributed by atoms with van der Waals surface area (Å²) in [5.74, 6) is 0. The average Bonchev–Trinajstić information content (AvgIpc) is 2.28. The summed E-state index contributed by atoms with van der Waals surface area (Å²) >= 11 is 0. The van der Waals surface area contributed by atoms with Crippen LogP contribution >= 0.6 is 0 Å². The second-order valence-corrected chi connectivity index (χ2v) is 3.87. The molecule has 0 spiro atoms. The summed E-state index contributed by atoms with van der Waals surface area (Å²) in [6.45, 7) is 4.10. The first-order chi connectivity index (χ1) is 7.74. The van der Waals surface area contributed by atoms with Crippen LogP contribution in [-0.2, 0) is 0 Å². The quantitative estimate of drug-likeness (QED) is 0.540. The molecule has 2 aromatic carbocycles. The predicted octanol–water partition coefficient (Wildman–Crippen LogP) is 6.63. The van der Waals surface area contributed by atoms with Crippen molar-refractivity contribution >= 4 is 11.4 Å². The zero-order chi connectivity index (χ0) is 11.4. The lowest BCUT2D eigenvalue weighted by Crippen LogP contribution is -1.70. The van der Waals surface area contributed by atoms with Crippen molar-refractivity contribution in [2.75, 3.05) is 0 Å². The summed E-state index contributed by atoms with van der Waals surface area (Å²) in [4.78, 5) is 0. The normalized spacial score (nSPS) is 9.16. The first-order valence-electron chi connectivity index (χ1n) is 5.29. The van der Waals surface area contributed by atoms with Gasteiger partial charge in [-0.3, -0.25) is 0 Å². The first kappa shape index (κ1) is 19.4. The number of nitrogens with zero attached hydrogens (tertiary/aromatic N) is 2. The topological polar surface area (TPSA) is 24.7 Å². The highest BCUT2D eigenvalue weighted by Gasteiger charge is 1.91. The fourth-order valence-electron chi connectivity index (χ4n) is 1.42. The summed E-state index contributed by atoms with van der Waals surface area (Å²) in [6.07, 6.45) is 0. The van der Waals surface area contributed by atoms with Gasteiger partial charge in [0.1, 0.15) is 0 Å². The van der Waals surface area contributed by atoms with E-state index in [0.717, 1.165) is 11.4 Å². The van der Waals surface area contributed by atoms with Gasteiger partial charge in [-0.25, -0.2) is 0 Å². The Balaban J connectivity index is 0. The largest absolute Gasteiger partial charge is 0.151 e. The summed E-state index contributed by atoms with van der Waals surface area (Å²) < 4.78 is 0. The van der Waals surface area contributed by atoms with Crippen LogP contribution in [0.25, 0.3) is 0 Å². The van der Waals surface area contributed by atoms with Crippen LogP contribution in [0, 0.1) is 13.8 Å². The molecule has 0 aliphatic rings. The third-order valence-corrected chi connectivity index (χ3v) is 2.32. The molecule has 0 N–H and O–H groups in total. The van der Waals surface area contributed by atoms with Gasteiger partial charge in [0.25, 0.3) is 0 Å². The fraction of sp³-hybridized carbons (Fsp3) is 0.294. The van der Waals surface area contributed by atoms with Crippen molar-refractivity contribution in [3.8, 4) is 0 Å². The molecule has 0 amide bonds. The SMILES string of the molecule is C.C.C.Cc1ccc(N=Nc2cccc(C)c2)cc1. The lowest BCUT2D eigenvalue weighted by molar-refractivity contribution is 1.22. The highest BCUT2D eigenvalue weighted by Crippen LogP contribution is 2.19. The summed E-state index contributed by atoms with van der Waals surface area (Å²) in [7, 11) is 0. The Kier molecular flexibility index (Phi) is 9.22. The number of azo groups is 1. The Morgan fingerprint density at radius 1 is 0.632 bits per heavy atom. The molecule has 0 aromatic heterocycles. The molecule has 0 heterocycles. The third-order valence-electron chi connectivity index (χ3n) is 2.32. The predicted molar refractivity (Wildman–Crippen MR) is 86.7 cm³/mol. The van der Waals surface area contributed by atoms with Crippen LogP contribution in [0.2, 0.25) is 0 Å². The van der Waals surface area contributed by atoms with Crippen LogP contribution in [0.1, 0.15) is 33.4 Å². The van der Waals surface area contributed by atoms with Gasteiger partial charge in [0.15, 0.2) is 0 Å². The molecule has 104 valence electrons. The second-order valence-electron chi connectivity index (χ2n) is 3.87. The van der Waals surface area contributed by atoms with E-state index in [-0.39, 0.29) is 22.3 Å². The van der Waals surface area contributed by atoms with Crippen LogP contribution in [0.3, 0.4) is 0 Å². The van der Waals surface area contributed by atoms with E-state index in [2.05, 4.69) is 17.2 Å². The van der Waals surface area contributed by atoms with Crippen LogP contribution in [0.4, 0.5) is 11.4 Å². The third kappa shape index (κ3) is 5.96. The van der Waals surface area contributed by atoms with Crippen LogP contribution in [0.15, 0.2) is 58.8 Å².